The summed E-state index contributed by atoms with van der Waals surface area (Å²) in [5, 5.41) is 13.5. The first-order valence-corrected chi connectivity index (χ1v) is 8.91. The minimum Gasteiger partial charge on any atom is -0.496 e. The molecule has 0 amide bonds. The first-order chi connectivity index (χ1) is 13.3. The average molecular weight is 354 g/mol. The zero-order valence-electron chi connectivity index (χ0n) is 14.9. The van der Waals surface area contributed by atoms with E-state index in [0.29, 0.717) is 17.9 Å². The molecule has 132 valence electrons. The summed E-state index contributed by atoms with van der Waals surface area (Å²) in [6.07, 6.45) is 0. The van der Waals surface area contributed by atoms with E-state index in [4.69, 9.17) is 9.26 Å². The molecule has 4 aromatic carbocycles. The highest BCUT2D eigenvalue weighted by Crippen LogP contribution is 2.33. The van der Waals surface area contributed by atoms with Crippen LogP contribution in [0.5, 0.6) is 5.75 Å². The normalized spacial score (nSPS) is 11.3. The largest absolute Gasteiger partial charge is 0.496 e. The van der Waals surface area contributed by atoms with Crippen LogP contribution in [-0.4, -0.2) is 12.3 Å². The third kappa shape index (κ3) is 2.57. The summed E-state index contributed by atoms with van der Waals surface area (Å²) in [6, 6.07) is 24.9. The van der Waals surface area contributed by atoms with Gasteiger partial charge in [0, 0.05) is 6.54 Å². The number of ether oxygens (including phenoxy) is 1. The Balaban J connectivity index is 1.63. The fourth-order valence-corrected chi connectivity index (χ4v) is 3.72. The molecule has 4 heteroatoms. The SMILES string of the molecule is COc1cccc2onc(NCc3c4ccccc4cc4ccccc34)c12. The number of aromatic nitrogens is 1. The summed E-state index contributed by atoms with van der Waals surface area (Å²) in [4.78, 5) is 0. The van der Waals surface area contributed by atoms with Gasteiger partial charge in [-0.05, 0) is 45.3 Å². The lowest BCUT2D eigenvalue weighted by atomic mass is 9.97. The number of hydrogen-bond acceptors (Lipinski definition) is 4. The van der Waals surface area contributed by atoms with Crippen molar-refractivity contribution in [1.82, 2.24) is 5.16 Å². The molecule has 0 aliphatic heterocycles. The summed E-state index contributed by atoms with van der Waals surface area (Å²) in [6.45, 7) is 0.640. The second kappa shape index (κ2) is 6.32. The molecule has 0 unspecified atom stereocenters. The molecular weight excluding hydrogens is 336 g/mol. The van der Waals surface area contributed by atoms with Crippen molar-refractivity contribution in [3.05, 3.63) is 78.4 Å². The van der Waals surface area contributed by atoms with Crippen molar-refractivity contribution < 1.29 is 9.26 Å². The highest BCUT2D eigenvalue weighted by atomic mass is 16.5. The van der Waals surface area contributed by atoms with E-state index in [0.717, 1.165) is 11.1 Å². The Morgan fingerprint density at radius 1 is 0.889 bits per heavy atom. The molecule has 0 aliphatic rings. The van der Waals surface area contributed by atoms with Crippen molar-refractivity contribution in [1.29, 1.82) is 0 Å². The van der Waals surface area contributed by atoms with Crippen LogP contribution in [0.4, 0.5) is 5.82 Å². The molecule has 5 aromatic rings. The van der Waals surface area contributed by atoms with E-state index in [-0.39, 0.29) is 0 Å². The predicted molar refractivity (Wildman–Crippen MR) is 109 cm³/mol. The van der Waals surface area contributed by atoms with Crippen molar-refractivity contribution in [3.8, 4) is 5.75 Å². The zero-order chi connectivity index (χ0) is 18.2. The van der Waals surface area contributed by atoms with Crippen LogP contribution >= 0.6 is 0 Å². The first-order valence-electron chi connectivity index (χ1n) is 8.91. The number of nitrogens with one attached hydrogen (secondary N) is 1. The van der Waals surface area contributed by atoms with E-state index < -0.39 is 0 Å². The monoisotopic (exact) mass is 354 g/mol. The molecule has 27 heavy (non-hydrogen) atoms. The summed E-state index contributed by atoms with van der Waals surface area (Å²) in [5.74, 6) is 1.44. The maximum Gasteiger partial charge on any atom is 0.181 e. The zero-order valence-corrected chi connectivity index (χ0v) is 14.9. The van der Waals surface area contributed by atoms with Gasteiger partial charge in [-0.3, -0.25) is 0 Å². The second-order valence-electron chi connectivity index (χ2n) is 6.52. The Hall–Kier alpha value is -3.53. The molecule has 0 aliphatic carbocycles. The molecule has 0 radical (unpaired) electrons. The van der Waals surface area contributed by atoms with Crippen LogP contribution in [0.3, 0.4) is 0 Å². The minimum absolute atomic E-state index is 0.640. The van der Waals surface area contributed by atoms with Gasteiger partial charge in [-0.25, -0.2) is 0 Å². The molecule has 0 saturated carbocycles. The quantitative estimate of drug-likeness (QED) is 0.417. The molecule has 1 N–H and O–H groups in total. The van der Waals surface area contributed by atoms with E-state index in [2.05, 4.69) is 65.1 Å². The van der Waals surface area contributed by atoms with Crippen molar-refractivity contribution in [2.24, 2.45) is 0 Å². The maximum absolute atomic E-state index is 5.48. The van der Waals surface area contributed by atoms with Crippen LogP contribution in [0.2, 0.25) is 0 Å². The molecule has 1 heterocycles. The van der Waals surface area contributed by atoms with Gasteiger partial charge in [-0.2, -0.15) is 0 Å². The average Bonchev–Trinajstić information content (AvgIpc) is 3.14. The molecule has 4 nitrogen and oxygen atoms in total. The van der Waals surface area contributed by atoms with Gasteiger partial charge < -0.3 is 14.6 Å². The predicted octanol–water partition coefficient (Wildman–Crippen LogP) is 5.75. The van der Waals surface area contributed by atoms with Gasteiger partial charge in [0.25, 0.3) is 0 Å². The van der Waals surface area contributed by atoms with E-state index in [1.54, 1.807) is 7.11 Å². The highest BCUT2D eigenvalue weighted by molar-refractivity contribution is 6.02. The van der Waals surface area contributed by atoms with Crippen molar-refractivity contribution in [3.63, 3.8) is 0 Å². The molecule has 5 rings (SSSR count). The van der Waals surface area contributed by atoms with Crippen LogP contribution in [0.1, 0.15) is 5.56 Å². The number of anilines is 1. The number of benzene rings is 4. The Bertz CT molecular complexity index is 1220. The molecular formula is C23H18N2O2. The van der Waals surface area contributed by atoms with Gasteiger partial charge in [-0.15, -0.1) is 0 Å². The number of hydrogen-bond donors (Lipinski definition) is 1. The minimum atomic E-state index is 0.640. The standard InChI is InChI=1S/C23H18N2O2/c1-26-20-11-6-12-21-22(20)23(25-27-21)24-14-19-17-9-4-2-7-15(17)13-16-8-3-5-10-18(16)19/h2-13H,14H2,1H3,(H,24,25). The summed E-state index contributed by atoms with van der Waals surface area (Å²) >= 11 is 0. The summed E-state index contributed by atoms with van der Waals surface area (Å²) < 4.78 is 10.9. The van der Waals surface area contributed by atoms with Crippen LogP contribution in [0.15, 0.2) is 77.3 Å². The number of nitrogens with zero attached hydrogens (tertiary/aromatic N) is 1. The van der Waals surface area contributed by atoms with Crippen molar-refractivity contribution in [2.45, 2.75) is 6.54 Å². The van der Waals surface area contributed by atoms with Crippen molar-refractivity contribution in [2.75, 3.05) is 12.4 Å². The van der Waals surface area contributed by atoms with Gasteiger partial charge in [0.05, 0.1) is 7.11 Å². The smallest absolute Gasteiger partial charge is 0.181 e. The number of rotatable bonds is 4. The number of methoxy groups -OCH3 is 1. The summed E-state index contributed by atoms with van der Waals surface area (Å²) in [7, 11) is 1.66. The van der Waals surface area contributed by atoms with E-state index in [1.807, 2.05) is 18.2 Å². The second-order valence-corrected chi connectivity index (χ2v) is 6.52. The van der Waals surface area contributed by atoms with Gasteiger partial charge in [-0.1, -0.05) is 59.8 Å². The Labute approximate surface area is 156 Å². The van der Waals surface area contributed by atoms with Crippen LogP contribution < -0.4 is 10.1 Å². The summed E-state index contributed by atoms with van der Waals surface area (Å²) in [5.41, 5.74) is 1.95. The van der Waals surface area contributed by atoms with Gasteiger partial charge >= 0.3 is 0 Å². The van der Waals surface area contributed by atoms with E-state index >= 15 is 0 Å². The fraction of sp³-hybridized carbons (Fsp3) is 0.0870. The molecule has 1 aromatic heterocycles. The van der Waals surface area contributed by atoms with E-state index in [1.165, 1.54) is 27.1 Å². The molecule has 0 bridgehead atoms. The molecule has 0 spiro atoms. The van der Waals surface area contributed by atoms with Crippen LogP contribution in [0.25, 0.3) is 32.5 Å². The molecule has 0 atom stereocenters. The van der Waals surface area contributed by atoms with E-state index in [9.17, 15) is 0 Å². The molecule has 0 saturated heterocycles. The van der Waals surface area contributed by atoms with Gasteiger partial charge in [0.2, 0.25) is 0 Å². The Kier molecular flexibility index (Phi) is 3.68. The lowest BCUT2D eigenvalue weighted by Gasteiger charge is -2.12. The topological polar surface area (TPSA) is 47.3 Å². The van der Waals surface area contributed by atoms with Crippen LogP contribution in [0, 0.1) is 0 Å². The first kappa shape index (κ1) is 15.7. The fourth-order valence-electron chi connectivity index (χ4n) is 3.72. The maximum atomic E-state index is 5.48. The van der Waals surface area contributed by atoms with Gasteiger partial charge in [0.15, 0.2) is 11.4 Å². The lowest BCUT2D eigenvalue weighted by molar-refractivity contribution is 0.419. The van der Waals surface area contributed by atoms with Gasteiger partial charge in [0.1, 0.15) is 11.1 Å². The number of fused-ring (bicyclic) bond motifs is 3. The van der Waals surface area contributed by atoms with Crippen LogP contribution in [-0.2, 0) is 6.54 Å². The third-order valence-corrected chi connectivity index (χ3v) is 5.00. The molecule has 0 fully saturated rings. The third-order valence-electron chi connectivity index (χ3n) is 5.00. The highest BCUT2D eigenvalue weighted by Gasteiger charge is 2.14. The lowest BCUT2D eigenvalue weighted by Crippen LogP contribution is -2.02. The Morgan fingerprint density at radius 3 is 2.30 bits per heavy atom. The Morgan fingerprint density at radius 2 is 1.59 bits per heavy atom. The van der Waals surface area contributed by atoms with Crippen molar-refractivity contribution >= 4 is 38.3 Å².